The van der Waals surface area contributed by atoms with Gasteiger partial charge >= 0.3 is 6.18 Å². The Morgan fingerprint density at radius 2 is 1.85 bits per heavy atom. The third-order valence-corrected chi connectivity index (χ3v) is 5.03. The Balaban J connectivity index is 1.71. The Kier molecular flexibility index (Phi) is 5.86. The number of anilines is 2. The summed E-state index contributed by atoms with van der Waals surface area (Å²) >= 11 is 0. The van der Waals surface area contributed by atoms with Crippen molar-refractivity contribution in [3.63, 3.8) is 0 Å². The average Bonchev–Trinajstić information content (AvgIpc) is 2.83. The molecular weight excluding hydrogens is 445 g/mol. The van der Waals surface area contributed by atoms with Crippen LogP contribution in [-0.2, 0) is 6.18 Å². The third kappa shape index (κ3) is 4.49. The zero-order valence-electron chi connectivity index (χ0n) is 18.0. The highest BCUT2D eigenvalue weighted by atomic mass is 19.4. The van der Waals surface area contributed by atoms with Gasteiger partial charge in [-0.25, -0.2) is 9.97 Å². The minimum Gasteiger partial charge on any atom is -0.357 e. The summed E-state index contributed by atoms with van der Waals surface area (Å²) in [7, 11) is 1.69. The Bertz CT molecular complexity index is 1460. The van der Waals surface area contributed by atoms with Gasteiger partial charge in [0.15, 0.2) is 5.65 Å². The van der Waals surface area contributed by atoms with E-state index in [4.69, 9.17) is 6.42 Å². The number of pyridine rings is 2. The van der Waals surface area contributed by atoms with Crippen LogP contribution in [0.2, 0.25) is 0 Å². The van der Waals surface area contributed by atoms with Crippen molar-refractivity contribution in [3.8, 4) is 23.5 Å². The summed E-state index contributed by atoms with van der Waals surface area (Å²) in [4.78, 5) is 28.8. The van der Waals surface area contributed by atoms with Crippen LogP contribution in [0.5, 0.6) is 0 Å². The largest absolute Gasteiger partial charge is 0.433 e. The number of alkyl halides is 3. The Morgan fingerprint density at radius 1 is 1.06 bits per heavy atom. The van der Waals surface area contributed by atoms with Crippen molar-refractivity contribution < 1.29 is 18.0 Å². The molecule has 3 heterocycles. The molecule has 1 aromatic carbocycles. The highest BCUT2D eigenvalue weighted by Gasteiger charge is 2.33. The van der Waals surface area contributed by atoms with E-state index in [0.717, 1.165) is 11.8 Å². The number of hydrogen-bond acceptors (Lipinski definition) is 6. The number of carbonyl (C=O) groups excluding carboxylic acids is 1. The van der Waals surface area contributed by atoms with Crippen LogP contribution in [0.1, 0.15) is 27.3 Å². The van der Waals surface area contributed by atoms with Gasteiger partial charge in [0.25, 0.3) is 5.91 Å². The van der Waals surface area contributed by atoms with E-state index in [9.17, 15) is 18.0 Å². The number of nitrogens with zero attached hydrogens (tertiary/aromatic N) is 4. The van der Waals surface area contributed by atoms with Crippen LogP contribution in [-0.4, -0.2) is 32.9 Å². The fourth-order valence-corrected chi connectivity index (χ4v) is 3.32. The summed E-state index contributed by atoms with van der Waals surface area (Å²) in [5, 5.41) is 6.13. The van der Waals surface area contributed by atoms with E-state index in [1.165, 1.54) is 6.07 Å². The lowest BCUT2D eigenvalue weighted by atomic mass is 9.97. The van der Waals surface area contributed by atoms with Gasteiger partial charge in [-0.05, 0) is 54.3 Å². The van der Waals surface area contributed by atoms with Crippen molar-refractivity contribution in [2.75, 3.05) is 17.7 Å². The predicted molar refractivity (Wildman–Crippen MR) is 122 cm³/mol. The van der Waals surface area contributed by atoms with Gasteiger partial charge in [0.2, 0.25) is 5.95 Å². The average molecular weight is 462 g/mol. The molecule has 0 bridgehead atoms. The molecule has 3 aromatic heterocycles. The van der Waals surface area contributed by atoms with Crippen LogP contribution in [0.3, 0.4) is 0 Å². The second-order valence-corrected chi connectivity index (χ2v) is 7.30. The molecular formula is C24H17F3N6O. The first kappa shape index (κ1) is 22.7. The number of nitrogens with one attached hydrogen (secondary N) is 2. The third-order valence-electron chi connectivity index (χ3n) is 5.03. The van der Waals surface area contributed by atoms with E-state index in [1.807, 2.05) is 13.0 Å². The second-order valence-electron chi connectivity index (χ2n) is 7.30. The summed E-state index contributed by atoms with van der Waals surface area (Å²) in [5.74, 6) is 2.26. The van der Waals surface area contributed by atoms with Crippen LogP contribution < -0.4 is 10.6 Å². The van der Waals surface area contributed by atoms with Gasteiger partial charge in [0.1, 0.15) is 11.4 Å². The van der Waals surface area contributed by atoms with Crippen molar-refractivity contribution in [2.24, 2.45) is 0 Å². The topological polar surface area (TPSA) is 92.7 Å². The molecule has 0 radical (unpaired) electrons. The monoisotopic (exact) mass is 462 g/mol. The summed E-state index contributed by atoms with van der Waals surface area (Å²) in [6.45, 7) is 1.87. The van der Waals surface area contributed by atoms with E-state index in [2.05, 4.69) is 36.5 Å². The maximum atomic E-state index is 12.9. The van der Waals surface area contributed by atoms with Gasteiger partial charge in [0.05, 0.1) is 0 Å². The van der Waals surface area contributed by atoms with Crippen LogP contribution in [0.15, 0.2) is 48.8 Å². The van der Waals surface area contributed by atoms with E-state index >= 15 is 0 Å². The molecule has 7 nitrogen and oxygen atoms in total. The normalized spacial score (nSPS) is 11.2. The number of carbonyl (C=O) groups is 1. The summed E-state index contributed by atoms with van der Waals surface area (Å²) in [6.07, 6.45) is 3.61. The maximum Gasteiger partial charge on any atom is 0.433 e. The molecule has 0 atom stereocenters. The van der Waals surface area contributed by atoms with Crippen molar-refractivity contribution in [1.29, 1.82) is 0 Å². The fourth-order valence-electron chi connectivity index (χ4n) is 3.32. The molecule has 0 fully saturated rings. The smallest absolute Gasteiger partial charge is 0.357 e. The predicted octanol–water partition coefficient (Wildman–Crippen LogP) is 4.69. The van der Waals surface area contributed by atoms with Crippen LogP contribution in [0.25, 0.3) is 22.2 Å². The van der Waals surface area contributed by atoms with Crippen LogP contribution >= 0.6 is 0 Å². The lowest BCUT2D eigenvalue weighted by Gasteiger charge is -2.13. The lowest BCUT2D eigenvalue weighted by Crippen LogP contribution is -2.15. The molecule has 1 amide bonds. The van der Waals surface area contributed by atoms with Crippen molar-refractivity contribution >= 4 is 28.6 Å². The summed E-state index contributed by atoms with van der Waals surface area (Å²) in [5.41, 5.74) is 2.02. The number of fused-ring (bicyclic) bond motifs is 1. The number of hydrogen-bond donors (Lipinski definition) is 2. The molecule has 0 saturated heterocycles. The standard InChI is InChI=1S/C24H17F3N6O/c1-4-19-18(9-15-12-30-23(28-3)33-21(15)32-19)17-11-16(6-5-13(17)2)31-22(34)14-7-8-29-20(10-14)24(25,26)27/h1,5-12H,2-3H3,(H,31,34)(H,28,30,32,33). The quantitative estimate of drug-likeness (QED) is 0.428. The maximum absolute atomic E-state index is 12.9. The van der Waals surface area contributed by atoms with E-state index in [0.29, 0.717) is 45.6 Å². The van der Waals surface area contributed by atoms with Crippen molar-refractivity contribution in [3.05, 3.63) is 71.3 Å². The molecule has 0 aliphatic carbocycles. The minimum atomic E-state index is -4.65. The van der Waals surface area contributed by atoms with Crippen LogP contribution in [0, 0.1) is 19.3 Å². The van der Waals surface area contributed by atoms with Crippen LogP contribution in [0.4, 0.5) is 24.8 Å². The first-order chi connectivity index (χ1) is 16.2. The highest BCUT2D eigenvalue weighted by molar-refractivity contribution is 6.04. The fraction of sp³-hybridized carbons (Fsp3) is 0.125. The summed E-state index contributed by atoms with van der Waals surface area (Å²) in [6, 6.07) is 8.82. The van der Waals surface area contributed by atoms with E-state index in [1.54, 1.807) is 31.4 Å². The van der Waals surface area contributed by atoms with Gasteiger partial charge < -0.3 is 10.6 Å². The zero-order chi connectivity index (χ0) is 24.5. The van der Waals surface area contributed by atoms with E-state index in [-0.39, 0.29) is 5.56 Å². The molecule has 0 saturated carbocycles. The Labute approximate surface area is 192 Å². The highest BCUT2D eigenvalue weighted by Crippen LogP contribution is 2.31. The molecule has 2 N–H and O–H groups in total. The Morgan fingerprint density at radius 3 is 2.56 bits per heavy atom. The number of rotatable bonds is 4. The molecule has 170 valence electrons. The van der Waals surface area contributed by atoms with Gasteiger partial charge in [-0.3, -0.25) is 9.78 Å². The minimum absolute atomic E-state index is 0.168. The first-order valence-electron chi connectivity index (χ1n) is 9.97. The number of terminal acetylenes is 1. The number of halogens is 3. The molecule has 0 unspecified atom stereocenters. The van der Waals surface area contributed by atoms with Crippen molar-refractivity contribution in [2.45, 2.75) is 13.1 Å². The lowest BCUT2D eigenvalue weighted by molar-refractivity contribution is -0.141. The zero-order valence-corrected chi connectivity index (χ0v) is 18.0. The van der Waals surface area contributed by atoms with Gasteiger partial charge in [-0.2, -0.15) is 18.2 Å². The van der Waals surface area contributed by atoms with Gasteiger partial charge in [0, 0.05) is 41.6 Å². The molecule has 0 aliphatic heterocycles. The molecule has 0 aliphatic rings. The van der Waals surface area contributed by atoms with E-state index < -0.39 is 17.8 Å². The Hall–Kier alpha value is -4.52. The number of aromatic nitrogens is 4. The van der Waals surface area contributed by atoms with Gasteiger partial charge in [-0.1, -0.05) is 6.07 Å². The SMILES string of the molecule is C#Cc1nc2nc(NC)ncc2cc1-c1cc(NC(=O)c2ccnc(C(F)(F)F)c2)ccc1C. The number of amides is 1. The molecule has 0 spiro atoms. The summed E-state index contributed by atoms with van der Waals surface area (Å²) < 4.78 is 38.8. The number of aryl methyl sites for hydroxylation is 1. The van der Waals surface area contributed by atoms with Gasteiger partial charge in [-0.15, -0.1) is 6.42 Å². The molecule has 4 rings (SSSR count). The number of benzene rings is 1. The van der Waals surface area contributed by atoms with Crippen molar-refractivity contribution in [1.82, 2.24) is 19.9 Å². The molecule has 10 heteroatoms. The molecule has 4 aromatic rings. The molecule has 34 heavy (non-hydrogen) atoms. The second kappa shape index (κ2) is 8.78. The first-order valence-corrected chi connectivity index (χ1v) is 9.97.